The first-order valence-corrected chi connectivity index (χ1v) is 12.9. The topological polar surface area (TPSA) is 110 Å². The third kappa shape index (κ3) is 5.60. The van der Waals surface area contributed by atoms with Gasteiger partial charge in [0.05, 0.1) is 17.5 Å². The molecule has 0 bridgehead atoms. The lowest BCUT2D eigenvalue weighted by Crippen LogP contribution is -2.55. The molecule has 3 aromatic rings. The third-order valence-corrected chi connectivity index (χ3v) is 7.75. The quantitative estimate of drug-likeness (QED) is 0.321. The fourth-order valence-electron chi connectivity index (χ4n) is 5.72. The Kier molecular flexibility index (Phi) is 7.13. The second-order valence-corrected chi connectivity index (χ2v) is 10.3. The fourth-order valence-corrected chi connectivity index (χ4v) is 5.72. The number of rotatable bonds is 7. The highest BCUT2D eigenvalue weighted by atomic mass is 16.5. The lowest BCUT2D eigenvalue weighted by atomic mass is 9.71. The van der Waals surface area contributed by atoms with Crippen LogP contribution in [0.3, 0.4) is 0 Å². The molecule has 37 heavy (non-hydrogen) atoms. The first-order valence-electron chi connectivity index (χ1n) is 12.9. The van der Waals surface area contributed by atoms with E-state index in [1.807, 2.05) is 37.3 Å². The Morgan fingerprint density at radius 1 is 1.05 bits per heavy atom. The van der Waals surface area contributed by atoms with E-state index in [1.165, 1.54) is 0 Å². The van der Waals surface area contributed by atoms with Crippen molar-refractivity contribution < 1.29 is 24.3 Å². The van der Waals surface area contributed by atoms with Crippen LogP contribution in [0, 0.1) is 6.92 Å². The number of benzene rings is 2. The Morgan fingerprint density at radius 3 is 2.51 bits per heavy atom. The Morgan fingerprint density at radius 2 is 1.81 bits per heavy atom. The van der Waals surface area contributed by atoms with Crippen LogP contribution >= 0.6 is 0 Å². The summed E-state index contributed by atoms with van der Waals surface area (Å²) < 4.78 is 12.0. The molecule has 1 saturated carbocycles. The zero-order chi connectivity index (χ0) is 25.9. The summed E-state index contributed by atoms with van der Waals surface area (Å²) in [4.78, 5) is 29.9. The SMILES string of the molecule is Cc1cc(COc2ccc(C(=O)N[C@]3(CC(=O)NO)CC[C@]4(CCCO4)CC3)cc2)c2ccccc2n1. The molecular formula is C29H33N3O5. The molecule has 0 unspecified atom stereocenters. The Labute approximate surface area is 216 Å². The zero-order valence-electron chi connectivity index (χ0n) is 21.1. The molecule has 1 saturated heterocycles. The Balaban J connectivity index is 1.25. The average Bonchev–Trinajstić information content (AvgIpc) is 3.37. The number of hydrogen-bond donors (Lipinski definition) is 3. The summed E-state index contributed by atoms with van der Waals surface area (Å²) >= 11 is 0. The average molecular weight is 504 g/mol. The number of fused-ring (bicyclic) bond motifs is 1. The summed E-state index contributed by atoms with van der Waals surface area (Å²) in [5.74, 6) is -0.106. The molecule has 2 aromatic carbocycles. The molecule has 1 spiro atoms. The molecule has 0 atom stereocenters. The third-order valence-electron chi connectivity index (χ3n) is 7.75. The highest BCUT2D eigenvalue weighted by Crippen LogP contribution is 2.44. The van der Waals surface area contributed by atoms with Crippen molar-refractivity contribution in [1.82, 2.24) is 15.8 Å². The maximum absolute atomic E-state index is 13.2. The fraction of sp³-hybridized carbons (Fsp3) is 0.414. The van der Waals surface area contributed by atoms with E-state index in [0.29, 0.717) is 30.8 Å². The molecule has 1 aliphatic carbocycles. The first kappa shape index (κ1) is 25.2. The van der Waals surface area contributed by atoms with Gasteiger partial charge in [0.15, 0.2) is 0 Å². The maximum atomic E-state index is 13.2. The van der Waals surface area contributed by atoms with Crippen LogP contribution < -0.4 is 15.5 Å². The minimum absolute atomic E-state index is 0.0197. The van der Waals surface area contributed by atoms with Crippen molar-refractivity contribution in [2.75, 3.05) is 6.61 Å². The van der Waals surface area contributed by atoms with E-state index in [2.05, 4.69) is 10.3 Å². The number of para-hydroxylation sites is 1. The van der Waals surface area contributed by atoms with E-state index < -0.39 is 11.4 Å². The summed E-state index contributed by atoms with van der Waals surface area (Å²) in [6, 6.07) is 17.0. The number of ether oxygens (including phenoxy) is 2. The highest BCUT2D eigenvalue weighted by molar-refractivity contribution is 5.95. The van der Waals surface area contributed by atoms with Gasteiger partial charge >= 0.3 is 0 Å². The Hall–Kier alpha value is -3.49. The van der Waals surface area contributed by atoms with Gasteiger partial charge in [-0.25, -0.2) is 5.48 Å². The lowest BCUT2D eigenvalue weighted by Gasteiger charge is -2.44. The van der Waals surface area contributed by atoms with E-state index in [0.717, 1.165) is 54.5 Å². The smallest absolute Gasteiger partial charge is 0.251 e. The van der Waals surface area contributed by atoms with Crippen LogP contribution in [0.2, 0.25) is 0 Å². The van der Waals surface area contributed by atoms with E-state index in [1.54, 1.807) is 29.7 Å². The van der Waals surface area contributed by atoms with Gasteiger partial charge in [-0.1, -0.05) is 18.2 Å². The molecule has 1 aliphatic heterocycles. The summed E-state index contributed by atoms with van der Waals surface area (Å²) in [6.07, 6.45) is 4.87. The molecule has 0 radical (unpaired) electrons. The van der Waals surface area contributed by atoms with E-state index in [4.69, 9.17) is 14.7 Å². The van der Waals surface area contributed by atoms with Gasteiger partial charge in [-0.15, -0.1) is 0 Å². The normalized spacial score (nSPS) is 23.2. The minimum atomic E-state index is -0.726. The van der Waals surface area contributed by atoms with Gasteiger partial charge in [-0.05, 0) is 81.8 Å². The number of carbonyl (C=O) groups is 2. The molecule has 3 N–H and O–H groups in total. The van der Waals surface area contributed by atoms with Gasteiger partial charge in [0.25, 0.3) is 5.91 Å². The number of pyridine rings is 1. The molecule has 2 fully saturated rings. The molecule has 5 rings (SSSR count). The van der Waals surface area contributed by atoms with Crippen molar-refractivity contribution in [3.63, 3.8) is 0 Å². The van der Waals surface area contributed by atoms with Crippen molar-refractivity contribution in [3.05, 3.63) is 71.4 Å². The molecule has 8 heteroatoms. The van der Waals surface area contributed by atoms with Crippen molar-refractivity contribution in [2.24, 2.45) is 0 Å². The molecule has 194 valence electrons. The van der Waals surface area contributed by atoms with Gasteiger partial charge in [0.1, 0.15) is 12.4 Å². The van der Waals surface area contributed by atoms with Crippen LogP contribution in [0.4, 0.5) is 0 Å². The van der Waals surface area contributed by atoms with Gasteiger partial charge in [0, 0.05) is 34.4 Å². The van der Waals surface area contributed by atoms with E-state index in [9.17, 15) is 9.59 Å². The minimum Gasteiger partial charge on any atom is -0.489 e. The molecule has 2 amide bonds. The largest absolute Gasteiger partial charge is 0.489 e. The van der Waals surface area contributed by atoms with Crippen molar-refractivity contribution in [2.45, 2.75) is 69.6 Å². The van der Waals surface area contributed by atoms with Crippen molar-refractivity contribution >= 4 is 22.7 Å². The van der Waals surface area contributed by atoms with Crippen LogP contribution in [0.15, 0.2) is 54.6 Å². The molecule has 8 nitrogen and oxygen atoms in total. The summed E-state index contributed by atoms with van der Waals surface area (Å²) in [5, 5.41) is 13.3. The predicted octanol–water partition coefficient (Wildman–Crippen LogP) is 4.61. The van der Waals surface area contributed by atoms with Crippen LogP contribution in [-0.2, 0) is 16.1 Å². The second-order valence-electron chi connectivity index (χ2n) is 10.3. The van der Waals surface area contributed by atoms with Gasteiger partial charge < -0.3 is 14.8 Å². The van der Waals surface area contributed by atoms with Crippen molar-refractivity contribution in [3.8, 4) is 5.75 Å². The van der Waals surface area contributed by atoms with Gasteiger partial charge in [0.2, 0.25) is 5.91 Å². The van der Waals surface area contributed by atoms with Crippen LogP contribution in [0.25, 0.3) is 10.9 Å². The number of hydroxylamine groups is 1. The summed E-state index contributed by atoms with van der Waals surface area (Å²) in [5.41, 5.74) is 4.26. The number of amides is 2. The van der Waals surface area contributed by atoms with E-state index >= 15 is 0 Å². The molecular weight excluding hydrogens is 470 g/mol. The number of nitrogens with zero attached hydrogens (tertiary/aromatic N) is 1. The molecule has 2 heterocycles. The number of carbonyl (C=O) groups excluding carboxylic acids is 2. The van der Waals surface area contributed by atoms with Gasteiger partial charge in [-0.2, -0.15) is 0 Å². The molecule has 1 aromatic heterocycles. The van der Waals surface area contributed by atoms with Gasteiger partial charge in [-0.3, -0.25) is 19.8 Å². The Bertz CT molecular complexity index is 1270. The number of aromatic nitrogens is 1. The number of hydrogen-bond acceptors (Lipinski definition) is 6. The van der Waals surface area contributed by atoms with Crippen LogP contribution in [-0.4, -0.2) is 39.8 Å². The first-order chi connectivity index (χ1) is 17.9. The number of aryl methyl sites for hydroxylation is 1. The molecule has 2 aliphatic rings. The predicted molar refractivity (Wildman–Crippen MR) is 138 cm³/mol. The monoisotopic (exact) mass is 503 g/mol. The van der Waals surface area contributed by atoms with Crippen LogP contribution in [0.1, 0.15) is 66.6 Å². The lowest BCUT2D eigenvalue weighted by molar-refractivity contribution is -0.132. The highest BCUT2D eigenvalue weighted by Gasteiger charge is 2.46. The zero-order valence-corrected chi connectivity index (χ0v) is 21.1. The summed E-state index contributed by atoms with van der Waals surface area (Å²) in [7, 11) is 0. The summed E-state index contributed by atoms with van der Waals surface area (Å²) in [6.45, 7) is 3.12. The number of nitrogens with one attached hydrogen (secondary N) is 2. The standard InChI is InChI=1S/C29H33N3O5/c1-20-17-22(24-5-2-3-6-25(24)30-20)19-36-23-9-7-21(8-10-23)27(34)31-28(18-26(33)32-35)12-14-29(15-13-28)11-4-16-37-29/h2-3,5-10,17,35H,4,11-16,18-19H2,1H3,(H,31,34)(H,32,33)/t28-,29-. The second kappa shape index (κ2) is 10.5. The maximum Gasteiger partial charge on any atom is 0.251 e. The van der Waals surface area contributed by atoms with E-state index in [-0.39, 0.29) is 17.9 Å². The van der Waals surface area contributed by atoms with Crippen LogP contribution in [0.5, 0.6) is 5.75 Å². The van der Waals surface area contributed by atoms with Crippen molar-refractivity contribution in [1.29, 1.82) is 0 Å².